The van der Waals surface area contributed by atoms with Crippen LogP contribution < -0.4 is 21.7 Å². The van der Waals surface area contributed by atoms with Gasteiger partial charge in [-0.25, -0.2) is 4.79 Å². The van der Waals surface area contributed by atoms with Crippen LogP contribution in [0.15, 0.2) is 0 Å². The number of carbonyl (C=O) groups is 6. The molecule has 14 heteroatoms. The molecule has 1 rings (SSSR count). The summed E-state index contributed by atoms with van der Waals surface area (Å²) in [4.78, 5) is 70.7. The van der Waals surface area contributed by atoms with E-state index in [9.17, 15) is 44.1 Å². The van der Waals surface area contributed by atoms with Gasteiger partial charge in [0.25, 0.3) is 0 Å². The molecule has 1 saturated carbocycles. The van der Waals surface area contributed by atoms with Gasteiger partial charge in [-0.3, -0.25) is 24.0 Å². The highest BCUT2D eigenvalue weighted by Crippen LogP contribution is 2.44. The predicted octanol–water partition coefficient (Wildman–Crippen LogP) is -3.16. The maximum atomic E-state index is 12.7. The van der Waals surface area contributed by atoms with E-state index >= 15 is 0 Å². The van der Waals surface area contributed by atoms with E-state index in [-0.39, 0.29) is 12.8 Å². The lowest BCUT2D eigenvalue weighted by Gasteiger charge is -2.25. The van der Waals surface area contributed by atoms with Gasteiger partial charge in [0, 0.05) is 6.42 Å². The van der Waals surface area contributed by atoms with Crippen molar-refractivity contribution >= 4 is 35.6 Å². The first kappa shape index (κ1) is 26.8. The molecule has 14 nitrogen and oxygen atoms in total. The average Bonchev–Trinajstić information content (AvgIpc) is 3.42. The van der Waals surface area contributed by atoms with Crippen molar-refractivity contribution in [3.05, 3.63) is 0 Å². The lowest BCUT2D eigenvalue weighted by Crippen LogP contribution is -2.60. The highest BCUT2D eigenvalue weighted by Gasteiger charge is 2.66. The highest BCUT2D eigenvalue weighted by atomic mass is 16.4. The van der Waals surface area contributed by atoms with E-state index in [0.717, 1.165) is 0 Å². The Morgan fingerprint density at radius 1 is 1.03 bits per heavy atom. The molecule has 9 N–H and O–H groups in total. The number of hydrogen-bond acceptors (Lipinski definition) is 8. The van der Waals surface area contributed by atoms with Gasteiger partial charge in [0.2, 0.25) is 17.7 Å². The minimum Gasteiger partial charge on any atom is -0.481 e. The van der Waals surface area contributed by atoms with Gasteiger partial charge in [0.15, 0.2) is 0 Å². The van der Waals surface area contributed by atoms with Crippen LogP contribution in [0, 0.1) is 11.8 Å². The number of hydrogen-bond donors (Lipinski definition) is 8. The van der Waals surface area contributed by atoms with Crippen LogP contribution in [-0.4, -0.2) is 86.3 Å². The molecule has 0 bridgehead atoms. The van der Waals surface area contributed by atoms with Gasteiger partial charge in [-0.15, -0.1) is 0 Å². The van der Waals surface area contributed by atoms with E-state index in [1.54, 1.807) is 0 Å². The van der Waals surface area contributed by atoms with Gasteiger partial charge in [-0.05, 0) is 18.8 Å². The first-order valence-electron chi connectivity index (χ1n) is 9.74. The van der Waals surface area contributed by atoms with Crippen molar-refractivity contribution in [2.75, 3.05) is 6.61 Å². The second-order valence-electron chi connectivity index (χ2n) is 7.87. The largest absolute Gasteiger partial charge is 0.481 e. The Morgan fingerprint density at radius 3 is 2.03 bits per heavy atom. The number of carbonyl (C=O) groups excluding carboxylic acids is 3. The summed E-state index contributed by atoms with van der Waals surface area (Å²) in [6.45, 7) is 2.12. The lowest BCUT2D eigenvalue weighted by molar-refractivity contribution is -0.145. The molecule has 0 radical (unpaired) electrons. The minimum absolute atomic E-state index is 0.236. The Kier molecular flexibility index (Phi) is 9.09. The van der Waals surface area contributed by atoms with Crippen molar-refractivity contribution < 1.29 is 49.2 Å². The van der Waals surface area contributed by atoms with Crippen molar-refractivity contribution in [2.45, 2.75) is 56.8 Å². The first-order valence-corrected chi connectivity index (χ1v) is 9.74. The van der Waals surface area contributed by atoms with Crippen LogP contribution in [0.25, 0.3) is 0 Å². The fourth-order valence-corrected chi connectivity index (χ4v) is 2.98. The van der Waals surface area contributed by atoms with Crippen LogP contribution in [0.3, 0.4) is 0 Å². The van der Waals surface area contributed by atoms with Crippen LogP contribution >= 0.6 is 0 Å². The van der Waals surface area contributed by atoms with Crippen LogP contribution in [0.1, 0.15) is 33.1 Å². The Hall–Kier alpha value is -3.26. The second kappa shape index (κ2) is 10.9. The summed E-state index contributed by atoms with van der Waals surface area (Å²) in [7, 11) is 0. The Morgan fingerprint density at radius 2 is 1.62 bits per heavy atom. The lowest BCUT2D eigenvalue weighted by atomic mass is 10.0. The van der Waals surface area contributed by atoms with E-state index in [2.05, 4.69) is 16.0 Å². The number of rotatable bonds is 13. The molecular weight excluding hydrogens is 432 g/mol. The molecule has 1 unspecified atom stereocenters. The molecule has 1 aliphatic carbocycles. The smallest absolute Gasteiger partial charge is 0.326 e. The van der Waals surface area contributed by atoms with E-state index in [1.165, 1.54) is 13.8 Å². The van der Waals surface area contributed by atoms with Gasteiger partial charge < -0.3 is 42.1 Å². The SMILES string of the molecule is CC(C)[C@H](NC(=O)C1(NC(=O)[C@H](CO)NC(=O)[C@@H](N)CCC(=O)O)C[C@H]1C(=O)O)C(=O)O. The molecule has 3 amide bonds. The van der Waals surface area contributed by atoms with Crippen LogP contribution in [0.4, 0.5) is 0 Å². The number of nitrogens with one attached hydrogen (secondary N) is 3. The monoisotopic (exact) mass is 460 g/mol. The quantitative estimate of drug-likeness (QED) is 0.136. The van der Waals surface area contributed by atoms with Gasteiger partial charge in [0.05, 0.1) is 18.6 Å². The second-order valence-corrected chi connectivity index (χ2v) is 7.87. The maximum absolute atomic E-state index is 12.7. The van der Waals surface area contributed by atoms with Crippen LogP contribution in [0.2, 0.25) is 0 Å². The van der Waals surface area contributed by atoms with E-state index in [4.69, 9.17) is 10.8 Å². The van der Waals surface area contributed by atoms with E-state index in [0.29, 0.717) is 0 Å². The summed E-state index contributed by atoms with van der Waals surface area (Å²) >= 11 is 0. The molecule has 180 valence electrons. The zero-order chi connectivity index (χ0) is 24.8. The molecule has 0 saturated heterocycles. The van der Waals surface area contributed by atoms with Crippen molar-refractivity contribution in [1.82, 2.24) is 16.0 Å². The molecule has 1 aliphatic rings. The van der Waals surface area contributed by atoms with Crippen molar-refractivity contribution in [1.29, 1.82) is 0 Å². The Bertz CT molecular complexity index is 786. The Labute approximate surface area is 182 Å². The maximum Gasteiger partial charge on any atom is 0.326 e. The average molecular weight is 460 g/mol. The third kappa shape index (κ3) is 6.62. The summed E-state index contributed by atoms with van der Waals surface area (Å²) in [5.74, 6) is -8.89. The minimum atomic E-state index is -1.96. The van der Waals surface area contributed by atoms with E-state index in [1.807, 2.05) is 0 Å². The molecule has 0 spiro atoms. The van der Waals surface area contributed by atoms with E-state index < -0.39 is 84.2 Å². The first-order chi connectivity index (χ1) is 14.8. The van der Waals surface area contributed by atoms with Crippen molar-refractivity contribution in [3.63, 3.8) is 0 Å². The van der Waals surface area contributed by atoms with Gasteiger partial charge in [0.1, 0.15) is 17.6 Å². The van der Waals surface area contributed by atoms with Gasteiger partial charge in [-0.2, -0.15) is 0 Å². The number of aliphatic hydroxyl groups is 1. The zero-order valence-electron chi connectivity index (χ0n) is 17.5. The van der Waals surface area contributed by atoms with Crippen molar-refractivity contribution in [2.24, 2.45) is 17.6 Å². The number of carboxylic acids is 3. The topological polar surface area (TPSA) is 245 Å². The molecular formula is C18H28N4O10. The summed E-state index contributed by atoms with van der Waals surface area (Å²) in [5, 5.41) is 43.1. The number of aliphatic carboxylic acids is 3. The number of nitrogens with two attached hydrogens (primary N) is 1. The van der Waals surface area contributed by atoms with Crippen molar-refractivity contribution in [3.8, 4) is 0 Å². The molecule has 0 aromatic carbocycles. The third-order valence-electron chi connectivity index (χ3n) is 5.05. The zero-order valence-corrected chi connectivity index (χ0v) is 17.5. The fraction of sp³-hybridized carbons (Fsp3) is 0.667. The summed E-state index contributed by atoms with van der Waals surface area (Å²) in [6, 6.07) is -4.24. The molecule has 0 aromatic rings. The number of amides is 3. The highest BCUT2D eigenvalue weighted by molar-refractivity contribution is 6.03. The molecule has 5 atom stereocenters. The van der Waals surface area contributed by atoms with Crippen LogP contribution in [0.5, 0.6) is 0 Å². The molecule has 0 aliphatic heterocycles. The summed E-state index contributed by atoms with van der Waals surface area (Å²) < 4.78 is 0. The normalized spacial score (nSPS) is 22.2. The summed E-state index contributed by atoms with van der Waals surface area (Å²) in [5.41, 5.74) is 3.58. The molecule has 1 fully saturated rings. The fourth-order valence-electron chi connectivity index (χ4n) is 2.98. The van der Waals surface area contributed by atoms with Gasteiger partial charge >= 0.3 is 17.9 Å². The predicted molar refractivity (Wildman–Crippen MR) is 105 cm³/mol. The molecule has 0 heterocycles. The third-order valence-corrected chi connectivity index (χ3v) is 5.05. The number of aliphatic hydroxyl groups excluding tert-OH is 1. The molecule has 32 heavy (non-hydrogen) atoms. The van der Waals surface area contributed by atoms with Crippen LogP contribution in [-0.2, 0) is 28.8 Å². The molecule has 0 aromatic heterocycles. The number of carboxylic acid groups (broad SMARTS) is 3. The summed E-state index contributed by atoms with van der Waals surface area (Å²) in [6.07, 6.45) is -0.969. The standard InChI is InChI=1S/C18H28N4O10/c1-7(2)12(16(30)31)21-17(32)18(5-8(18)15(28)29)22-14(27)10(6-23)20-13(26)9(19)3-4-11(24)25/h7-10,12,23H,3-6,19H2,1-2H3,(H,20,26)(H,21,32)(H,22,27)(H,24,25)(H,28,29)(H,30,31)/t8-,9-,10-,12-,18?/m0/s1. The van der Waals surface area contributed by atoms with Gasteiger partial charge in [-0.1, -0.05) is 13.8 Å². The Balaban J connectivity index is 2.94.